The van der Waals surface area contributed by atoms with Gasteiger partial charge < -0.3 is 5.73 Å². The molecule has 0 unspecified atom stereocenters. The van der Waals surface area contributed by atoms with Crippen LogP contribution in [-0.4, -0.2) is 5.78 Å². The van der Waals surface area contributed by atoms with E-state index in [9.17, 15) is 4.79 Å². The number of Topliss-reactive ketones (excluding diaryl/α,β-unsaturated/α-hetero) is 1. The van der Waals surface area contributed by atoms with Crippen LogP contribution in [-0.2, 0) is 0 Å². The molecule has 0 amide bonds. The molecule has 1 rings (SSSR count). The highest BCUT2D eigenvalue weighted by atomic mass is 35.5. The third kappa shape index (κ3) is 2.46. The summed E-state index contributed by atoms with van der Waals surface area (Å²) < 4.78 is 0. The summed E-state index contributed by atoms with van der Waals surface area (Å²) in [5.74, 6) is 0.0764. The van der Waals surface area contributed by atoms with Gasteiger partial charge in [0.05, 0.1) is 5.02 Å². The van der Waals surface area contributed by atoms with Gasteiger partial charge in [-0.1, -0.05) is 18.5 Å². The maximum absolute atomic E-state index is 11.5. The monoisotopic (exact) mass is 197 g/mol. The predicted octanol–water partition coefficient (Wildman–Crippen LogP) is 2.91. The highest BCUT2D eigenvalue weighted by Crippen LogP contribution is 2.20. The summed E-state index contributed by atoms with van der Waals surface area (Å²) in [6.45, 7) is 1.96. The number of hydrogen-bond donors (Lipinski definition) is 1. The number of nitrogen functional groups attached to an aromatic ring is 1. The van der Waals surface area contributed by atoms with Crippen molar-refractivity contribution in [2.75, 3.05) is 5.73 Å². The lowest BCUT2D eigenvalue weighted by atomic mass is 10.1. The van der Waals surface area contributed by atoms with E-state index in [1.807, 2.05) is 6.92 Å². The van der Waals surface area contributed by atoms with Gasteiger partial charge in [0.15, 0.2) is 5.78 Å². The van der Waals surface area contributed by atoms with Gasteiger partial charge in [-0.25, -0.2) is 0 Å². The highest BCUT2D eigenvalue weighted by Gasteiger charge is 2.08. The molecule has 0 saturated carbocycles. The van der Waals surface area contributed by atoms with E-state index >= 15 is 0 Å². The molecule has 0 spiro atoms. The van der Waals surface area contributed by atoms with E-state index in [-0.39, 0.29) is 5.78 Å². The number of halogens is 1. The molecule has 0 radical (unpaired) electrons. The van der Waals surface area contributed by atoms with Crippen molar-refractivity contribution < 1.29 is 4.79 Å². The van der Waals surface area contributed by atoms with E-state index < -0.39 is 0 Å². The number of carbonyl (C=O) groups is 1. The molecule has 13 heavy (non-hydrogen) atoms. The molecule has 1 aromatic carbocycles. The molecule has 0 aliphatic rings. The van der Waals surface area contributed by atoms with Crippen molar-refractivity contribution in [2.24, 2.45) is 0 Å². The summed E-state index contributed by atoms with van der Waals surface area (Å²) in [6, 6.07) is 4.97. The summed E-state index contributed by atoms with van der Waals surface area (Å²) in [5, 5.41) is 0.443. The Morgan fingerprint density at radius 3 is 2.77 bits per heavy atom. The summed E-state index contributed by atoms with van der Waals surface area (Å²) >= 11 is 5.86. The van der Waals surface area contributed by atoms with Crippen LogP contribution in [0.3, 0.4) is 0 Å². The number of nitrogens with two attached hydrogens (primary N) is 1. The van der Waals surface area contributed by atoms with E-state index in [4.69, 9.17) is 17.3 Å². The van der Waals surface area contributed by atoms with Crippen LogP contribution in [0.5, 0.6) is 0 Å². The molecule has 70 valence electrons. The molecule has 2 nitrogen and oxygen atoms in total. The number of anilines is 1. The van der Waals surface area contributed by atoms with Gasteiger partial charge in [-0.3, -0.25) is 4.79 Å². The first kappa shape index (κ1) is 10.1. The van der Waals surface area contributed by atoms with E-state index in [1.54, 1.807) is 18.2 Å². The standard InChI is InChI=1S/C10H12ClNO/c1-2-3-10(13)8-5-4-7(12)6-9(8)11/h4-6H,2-3,12H2,1H3. The molecule has 0 atom stereocenters. The van der Waals surface area contributed by atoms with E-state index in [0.717, 1.165) is 6.42 Å². The molecule has 0 saturated heterocycles. The first-order chi connectivity index (χ1) is 6.15. The van der Waals surface area contributed by atoms with Crippen LogP contribution < -0.4 is 5.73 Å². The maximum Gasteiger partial charge on any atom is 0.164 e. The van der Waals surface area contributed by atoms with Gasteiger partial charge in [-0.15, -0.1) is 0 Å². The van der Waals surface area contributed by atoms with Crippen LogP contribution in [0.4, 0.5) is 5.69 Å². The first-order valence-electron chi connectivity index (χ1n) is 4.23. The molecule has 0 aliphatic heterocycles. The Bertz CT molecular complexity index is 323. The Balaban J connectivity index is 2.95. The topological polar surface area (TPSA) is 43.1 Å². The van der Waals surface area contributed by atoms with Gasteiger partial charge in [0.25, 0.3) is 0 Å². The Labute approximate surface area is 82.7 Å². The van der Waals surface area contributed by atoms with Crippen molar-refractivity contribution >= 4 is 23.1 Å². The number of rotatable bonds is 3. The second kappa shape index (κ2) is 4.28. The van der Waals surface area contributed by atoms with E-state index in [0.29, 0.717) is 22.7 Å². The first-order valence-corrected chi connectivity index (χ1v) is 4.61. The fraction of sp³-hybridized carbons (Fsp3) is 0.300. The lowest BCUT2D eigenvalue weighted by Gasteiger charge is -2.02. The maximum atomic E-state index is 11.5. The molecule has 0 aliphatic carbocycles. The van der Waals surface area contributed by atoms with Crippen molar-refractivity contribution in [3.8, 4) is 0 Å². The Morgan fingerprint density at radius 1 is 1.54 bits per heavy atom. The minimum Gasteiger partial charge on any atom is -0.399 e. The van der Waals surface area contributed by atoms with Gasteiger partial charge in [-0.05, 0) is 24.6 Å². The smallest absolute Gasteiger partial charge is 0.164 e. The number of carbonyl (C=O) groups excluding carboxylic acids is 1. The molecule has 0 fully saturated rings. The van der Waals surface area contributed by atoms with Crippen LogP contribution in [0.1, 0.15) is 30.1 Å². The van der Waals surface area contributed by atoms with Gasteiger partial charge >= 0.3 is 0 Å². The zero-order chi connectivity index (χ0) is 9.84. The van der Waals surface area contributed by atoms with Crippen molar-refractivity contribution in [1.82, 2.24) is 0 Å². The molecular formula is C10H12ClNO. The summed E-state index contributed by atoms with van der Waals surface area (Å²) in [7, 11) is 0. The minimum atomic E-state index is 0.0764. The summed E-state index contributed by atoms with van der Waals surface area (Å²) in [6.07, 6.45) is 1.36. The zero-order valence-corrected chi connectivity index (χ0v) is 8.27. The average molecular weight is 198 g/mol. The lowest BCUT2D eigenvalue weighted by molar-refractivity contribution is 0.0982. The second-order valence-corrected chi connectivity index (χ2v) is 3.32. The van der Waals surface area contributed by atoms with Crippen LogP contribution >= 0.6 is 11.6 Å². The molecule has 3 heteroatoms. The highest BCUT2D eigenvalue weighted by molar-refractivity contribution is 6.34. The molecule has 0 heterocycles. The summed E-state index contributed by atoms with van der Waals surface area (Å²) in [5.41, 5.74) is 6.65. The third-order valence-electron chi connectivity index (χ3n) is 1.77. The van der Waals surface area contributed by atoms with Crippen LogP contribution in [0, 0.1) is 0 Å². The molecule has 0 bridgehead atoms. The second-order valence-electron chi connectivity index (χ2n) is 2.91. The van der Waals surface area contributed by atoms with Crippen LogP contribution in [0.25, 0.3) is 0 Å². The Kier molecular flexibility index (Phi) is 3.32. The van der Waals surface area contributed by atoms with E-state index in [1.165, 1.54) is 0 Å². The van der Waals surface area contributed by atoms with Crippen molar-refractivity contribution in [3.63, 3.8) is 0 Å². The van der Waals surface area contributed by atoms with Gasteiger partial charge in [0, 0.05) is 17.7 Å². The zero-order valence-electron chi connectivity index (χ0n) is 7.51. The quantitative estimate of drug-likeness (QED) is 0.598. The fourth-order valence-corrected chi connectivity index (χ4v) is 1.41. The van der Waals surface area contributed by atoms with Crippen molar-refractivity contribution in [1.29, 1.82) is 0 Å². The number of ketones is 1. The number of hydrogen-bond acceptors (Lipinski definition) is 2. The Hall–Kier alpha value is -1.02. The molecule has 1 aromatic rings. The minimum absolute atomic E-state index is 0.0764. The Morgan fingerprint density at radius 2 is 2.23 bits per heavy atom. The van der Waals surface area contributed by atoms with Crippen molar-refractivity contribution in [2.45, 2.75) is 19.8 Å². The average Bonchev–Trinajstić information content (AvgIpc) is 2.04. The molecule has 0 aromatic heterocycles. The van der Waals surface area contributed by atoms with Gasteiger partial charge in [0.1, 0.15) is 0 Å². The fourth-order valence-electron chi connectivity index (χ4n) is 1.12. The lowest BCUT2D eigenvalue weighted by Crippen LogP contribution is -1.99. The summed E-state index contributed by atoms with van der Waals surface area (Å²) in [4.78, 5) is 11.5. The van der Waals surface area contributed by atoms with Gasteiger partial charge in [-0.2, -0.15) is 0 Å². The van der Waals surface area contributed by atoms with Gasteiger partial charge in [0.2, 0.25) is 0 Å². The largest absolute Gasteiger partial charge is 0.399 e. The van der Waals surface area contributed by atoms with Crippen LogP contribution in [0.15, 0.2) is 18.2 Å². The number of benzene rings is 1. The van der Waals surface area contributed by atoms with E-state index in [2.05, 4.69) is 0 Å². The van der Waals surface area contributed by atoms with Crippen molar-refractivity contribution in [3.05, 3.63) is 28.8 Å². The normalized spacial score (nSPS) is 10.0. The van der Waals surface area contributed by atoms with Crippen LogP contribution in [0.2, 0.25) is 5.02 Å². The molecule has 2 N–H and O–H groups in total. The molecular weight excluding hydrogens is 186 g/mol. The predicted molar refractivity (Wildman–Crippen MR) is 55.1 cm³/mol. The SMILES string of the molecule is CCCC(=O)c1ccc(N)cc1Cl. The third-order valence-corrected chi connectivity index (χ3v) is 2.08.